The summed E-state index contributed by atoms with van der Waals surface area (Å²) in [6.07, 6.45) is 5.31. The second-order valence-electron chi connectivity index (χ2n) is 5.14. The maximum absolute atomic E-state index is 9.43. The molecular weight excluding hydrogens is 278 g/mol. The van der Waals surface area contributed by atoms with Crippen molar-refractivity contribution in [2.45, 2.75) is 45.2 Å². The van der Waals surface area contributed by atoms with Crippen LogP contribution in [0.3, 0.4) is 0 Å². The van der Waals surface area contributed by atoms with Crippen LogP contribution in [0, 0.1) is 5.92 Å². The van der Waals surface area contributed by atoms with Crippen LogP contribution >= 0.6 is 15.9 Å². The summed E-state index contributed by atoms with van der Waals surface area (Å²) in [5.74, 6) is 1.16. The Hall–Kier alpha value is -0.540. The number of rotatable bonds is 3. The van der Waals surface area contributed by atoms with Gasteiger partial charge in [0, 0.05) is 12.6 Å². The van der Waals surface area contributed by atoms with E-state index in [1.54, 1.807) is 6.07 Å². The maximum Gasteiger partial charge on any atom is 0.129 e. The second-order valence-corrected chi connectivity index (χ2v) is 5.99. The molecule has 2 atom stereocenters. The van der Waals surface area contributed by atoms with E-state index < -0.39 is 0 Å². The van der Waals surface area contributed by atoms with E-state index in [-0.39, 0.29) is 0 Å². The summed E-state index contributed by atoms with van der Waals surface area (Å²) in [4.78, 5) is 0. The molecule has 94 valence electrons. The third-order valence-electron chi connectivity index (χ3n) is 3.54. The summed E-state index contributed by atoms with van der Waals surface area (Å²) in [6, 6.07) is 6.35. The number of hydrogen-bond acceptors (Lipinski definition) is 2. The normalized spacial score (nSPS) is 24.8. The number of phenolic OH excluding ortho intramolecular Hbond substituents is 1. The third kappa shape index (κ3) is 3.71. The number of hydrogen-bond donors (Lipinski definition) is 2. The van der Waals surface area contributed by atoms with Gasteiger partial charge in [-0.2, -0.15) is 0 Å². The Morgan fingerprint density at radius 2 is 2.24 bits per heavy atom. The molecule has 0 amide bonds. The average molecular weight is 298 g/mol. The Labute approximate surface area is 112 Å². The number of phenols is 1. The number of benzene rings is 1. The lowest BCUT2D eigenvalue weighted by Gasteiger charge is -2.27. The Balaban J connectivity index is 1.86. The summed E-state index contributed by atoms with van der Waals surface area (Å²) in [5.41, 5.74) is 1.22. The van der Waals surface area contributed by atoms with Gasteiger partial charge in [-0.15, -0.1) is 0 Å². The van der Waals surface area contributed by atoms with Gasteiger partial charge in [-0.1, -0.05) is 25.8 Å². The molecule has 0 heterocycles. The summed E-state index contributed by atoms with van der Waals surface area (Å²) in [6.45, 7) is 3.22. The molecule has 1 aromatic carbocycles. The van der Waals surface area contributed by atoms with E-state index in [4.69, 9.17) is 0 Å². The van der Waals surface area contributed by atoms with E-state index in [2.05, 4.69) is 28.2 Å². The molecule has 0 bridgehead atoms. The minimum Gasteiger partial charge on any atom is -0.507 e. The molecule has 1 fully saturated rings. The molecule has 0 aliphatic heterocycles. The Morgan fingerprint density at radius 1 is 1.41 bits per heavy atom. The highest BCUT2D eigenvalue weighted by atomic mass is 79.9. The fourth-order valence-electron chi connectivity index (χ4n) is 2.54. The topological polar surface area (TPSA) is 32.3 Å². The first-order chi connectivity index (χ1) is 8.15. The highest BCUT2D eigenvalue weighted by Gasteiger charge is 2.17. The zero-order chi connectivity index (χ0) is 12.3. The monoisotopic (exact) mass is 297 g/mol. The standard InChI is InChI=1S/C14H20BrNO/c1-10-3-2-4-12(7-10)16-9-11-5-6-14(17)13(15)8-11/h5-6,8,10,12,16-17H,2-4,7,9H2,1H3. The fraction of sp³-hybridized carbons (Fsp3) is 0.571. The van der Waals surface area contributed by atoms with Crippen LogP contribution in [-0.2, 0) is 6.54 Å². The van der Waals surface area contributed by atoms with Crippen molar-refractivity contribution in [2.75, 3.05) is 0 Å². The molecule has 1 aliphatic carbocycles. The van der Waals surface area contributed by atoms with E-state index in [1.165, 1.54) is 31.2 Å². The van der Waals surface area contributed by atoms with Gasteiger partial charge in [0.2, 0.25) is 0 Å². The van der Waals surface area contributed by atoms with E-state index in [0.717, 1.165) is 16.9 Å². The minimum atomic E-state index is 0.306. The largest absolute Gasteiger partial charge is 0.507 e. The van der Waals surface area contributed by atoms with Crippen LogP contribution in [0.4, 0.5) is 0 Å². The predicted octanol–water partition coefficient (Wildman–Crippen LogP) is 3.82. The number of aromatic hydroxyl groups is 1. The molecule has 1 saturated carbocycles. The predicted molar refractivity (Wildman–Crippen MR) is 74.1 cm³/mol. The Morgan fingerprint density at radius 3 is 2.94 bits per heavy atom. The summed E-state index contributed by atoms with van der Waals surface area (Å²) >= 11 is 3.34. The molecule has 2 unspecified atom stereocenters. The zero-order valence-corrected chi connectivity index (χ0v) is 11.8. The van der Waals surface area contributed by atoms with E-state index >= 15 is 0 Å². The van der Waals surface area contributed by atoms with Crippen LogP contribution in [0.2, 0.25) is 0 Å². The van der Waals surface area contributed by atoms with Crippen molar-refractivity contribution in [3.63, 3.8) is 0 Å². The average Bonchev–Trinajstić information content (AvgIpc) is 2.31. The van der Waals surface area contributed by atoms with Crippen molar-refractivity contribution in [1.29, 1.82) is 0 Å². The van der Waals surface area contributed by atoms with Gasteiger partial charge < -0.3 is 10.4 Å². The summed E-state index contributed by atoms with van der Waals surface area (Å²) in [7, 11) is 0. The zero-order valence-electron chi connectivity index (χ0n) is 10.2. The first kappa shape index (κ1) is 12.9. The van der Waals surface area contributed by atoms with Crippen LogP contribution in [0.15, 0.2) is 22.7 Å². The quantitative estimate of drug-likeness (QED) is 0.889. The second kappa shape index (κ2) is 5.87. The van der Waals surface area contributed by atoms with Gasteiger partial charge in [0.25, 0.3) is 0 Å². The van der Waals surface area contributed by atoms with Gasteiger partial charge in [0.1, 0.15) is 5.75 Å². The Kier molecular flexibility index (Phi) is 4.46. The lowest BCUT2D eigenvalue weighted by Crippen LogP contribution is -2.33. The van der Waals surface area contributed by atoms with Crippen molar-refractivity contribution >= 4 is 15.9 Å². The molecule has 1 aliphatic rings. The molecule has 0 radical (unpaired) electrons. The van der Waals surface area contributed by atoms with E-state index in [0.29, 0.717) is 11.8 Å². The number of halogens is 1. The molecular formula is C14H20BrNO. The summed E-state index contributed by atoms with van der Waals surface area (Å²) in [5, 5.41) is 13.0. The van der Waals surface area contributed by atoms with Crippen molar-refractivity contribution in [3.8, 4) is 5.75 Å². The van der Waals surface area contributed by atoms with Crippen molar-refractivity contribution in [2.24, 2.45) is 5.92 Å². The summed E-state index contributed by atoms with van der Waals surface area (Å²) < 4.78 is 0.772. The van der Waals surface area contributed by atoms with Crippen molar-refractivity contribution in [1.82, 2.24) is 5.32 Å². The minimum absolute atomic E-state index is 0.306. The van der Waals surface area contributed by atoms with Gasteiger partial charge in [0.15, 0.2) is 0 Å². The first-order valence-electron chi connectivity index (χ1n) is 6.36. The van der Waals surface area contributed by atoms with Crippen LogP contribution in [-0.4, -0.2) is 11.1 Å². The van der Waals surface area contributed by atoms with Gasteiger partial charge in [-0.3, -0.25) is 0 Å². The van der Waals surface area contributed by atoms with Crippen LogP contribution in [0.1, 0.15) is 38.2 Å². The van der Waals surface area contributed by atoms with Crippen LogP contribution in [0.25, 0.3) is 0 Å². The fourth-order valence-corrected chi connectivity index (χ4v) is 2.97. The SMILES string of the molecule is CC1CCCC(NCc2ccc(O)c(Br)c2)C1. The molecule has 3 heteroatoms. The smallest absolute Gasteiger partial charge is 0.129 e. The van der Waals surface area contributed by atoms with E-state index in [1.807, 2.05) is 12.1 Å². The van der Waals surface area contributed by atoms with Crippen molar-refractivity contribution < 1.29 is 5.11 Å². The first-order valence-corrected chi connectivity index (χ1v) is 7.15. The molecule has 17 heavy (non-hydrogen) atoms. The van der Waals surface area contributed by atoms with Crippen LogP contribution < -0.4 is 5.32 Å². The molecule has 2 nitrogen and oxygen atoms in total. The molecule has 2 rings (SSSR count). The third-order valence-corrected chi connectivity index (χ3v) is 4.18. The van der Waals surface area contributed by atoms with Crippen LogP contribution in [0.5, 0.6) is 5.75 Å². The molecule has 1 aromatic rings. The van der Waals surface area contributed by atoms with E-state index in [9.17, 15) is 5.11 Å². The molecule has 0 aromatic heterocycles. The van der Waals surface area contributed by atoms with Gasteiger partial charge in [-0.25, -0.2) is 0 Å². The lowest BCUT2D eigenvalue weighted by atomic mass is 9.87. The van der Waals surface area contributed by atoms with Gasteiger partial charge >= 0.3 is 0 Å². The highest BCUT2D eigenvalue weighted by molar-refractivity contribution is 9.10. The van der Waals surface area contributed by atoms with Gasteiger partial charge in [-0.05, 0) is 52.4 Å². The molecule has 2 N–H and O–H groups in total. The van der Waals surface area contributed by atoms with Gasteiger partial charge in [0.05, 0.1) is 4.47 Å². The lowest BCUT2D eigenvalue weighted by molar-refractivity contribution is 0.300. The Bertz CT molecular complexity index is 380. The maximum atomic E-state index is 9.43. The molecule has 0 spiro atoms. The van der Waals surface area contributed by atoms with Crippen molar-refractivity contribution in [3.05, 3.63) is 28.2 Å². The highest BCUT2D eigenvalue weighted by Crippen LogP contribution is 2.26. The molecule has 0 saturated heterocycles. The number of nitrogens with one attached hydrogen (secondary N) is 1.